The van der Waals surface area contributed by atoms with E-state index in [0.717, 1.165) is 22.5 Å². The number of benzene rings is 1. The first-order valence-corrected chi connectivity index (χ1v) is 6.53. The molecule has 2 N–H and O–H groups in total. The van der Waals surface area contributed by atoms with Crippen LogP contribution in [-0.4, -0.2) is 16.5 Å². The first-order chi connectivity index (χ1) is 8.61. The van der Waals surface area contributed by atoms with Gasteiger partial charge in [0.25, 0.3) is 0 Å². The first kappa shape index (κ1) is 12.8. The molecule has 2 rings (SSSR count). The van der Waals surface area contributed by atoms with Crippen LogP contribution in [0.15, 0.2) is 34.9 Å². The van der Waals surface area contributed by atoms with Gasteiger partial charge < -0.3 is 10.6 Å². The van der Waals surface area contributed by atoms with Gasteiger partial charge in [0.05, 0.1) is 4.47 Å². The fourth-order valence-corrected chi connectivity index (χ4v) is 2.22. The van der Waals surface area contributed by atoms with Gasteiger partial charge in [0, 0.05) is 18.4 Å². The molecule has 0 saturated heterocycles. The van der Waals surface area contributed by atoms with E-state index in [-0.39, 0.29) is 5.95 Å². The van der Waals surface area contributed by atoms with E-state index in [1.165, 1.54) is 5.56 Å². The van der Waals surface area contributed by atoms with Gasteiger partial charge in [0.2, 0.25) is 5.95 Å². The number of aromatic nitrogens is 2. The number of hydrogen-bond donors (Lipinski definition) is 1. The molecule has 0 saturated carbocycles. The van der Waals surface area contributed by atoms with Crippen LogP contribution in [-0.2, 0) is 0 Å². The molecule has 1 aromatic heterocycles. The summed E-state index contributed by atoms with van der Waals surface area (Å²) < 4.78 is 0.833. The number of halogens is 1. The van der Waals surface area contributed by atoms with Gasteiger partial charge in [0.1, 0.15) is 0 Å². The quantitative estimate of drug-likeness (QED) is 0.945. The molecule has 2 aromatic rings. The molecule has 5 heteroatoms. The molecular weight excluding hydrogens is 292 g/mol. The van der Waals surface area contributed by atoms with Crippen LogP contribution in [0.5, 0.6) is 0 Å². The summed E-state index contributed by atoms with van der Waals surface area (Å²) in [6, 6.07) is 8.28. The molecule has 0 bridgehead atoms. The van der Waals surface area contributed by atoms with Crippen molar-refractivity contribution in [2.45, 2.75) is 13.8 Å². The summed E-state index contributed by atoms with van der Waals surface area (Å²) >= 11 is 3.47. The van der Waals surface area contributed by atoms with Crippen LogP contribution in [0.3, 0.4) is 0 Å². The Morgan fingerprint density at radius 1 is 1.39 bits per heavy atom. The highest BCUT2D eigenvalue weighted by atomic mass is 79.9. The molecule has 1 aromatic carbocycles. The summed E-state index contributed by atoms with van der Waals surface area (Å²) in [5.41, 5.74) is 7.96. The van der Waals surface area contributed by atoms with Gasteiger partial charge in [-0.2, -0.15) is 4.98 Å². The lowest BCUT2D eigenvalue weighted by Crippen LogP contribution is -2.18. The van der Waals surface area contributed by atoms with Gasteiger partial charge >= 0.3 is 0 Å². The number of nitrogens with zero attached hydrogens (tertiary/aromatic N) is 3. The molecule has 0 amide bonds. The monoisotopic (exact) mass is 306 g/mol. The predicted octanol–water partition coefficient (Wildman–Crippen LogP) is 3.29. The second kappa shape index (κ2) is 5.35. The number of aryl methyl sites for hydroxylation is 1. The Hall–Kier alpha value is -1.62. The van der Waals surface area contributed by atoms with Gasteiger partial charge in [-0.15, -0.1) is 0 Å². The molecule has 0 unspecified atom stereocenters. The van der Waals surface area contributed by atoms with E-state index in [4.69, 9.17) is 5.73 Å². The molecule has 0 aliphatic carbocycles. The van der Waals surface area contributed by atoms with E-state index in [0.29, 0.717) is 0 Å². The van der Waals surface area contributed by atoms with Crippen molar-refractivity contribution < 1.29 is 0 Å². The summed E-state index contributed by atoms with van der Waals surface area (Å²) in [6.07, 6.45) is 1.68. The van der Waals surface area contributed by atoms with Gasteiger partial charge in [-0.05, 0) is 47.5 Å². The minimum absolute atomic E-state index is 0.277. The van der Waals surface area contributed by atoms with Crippen LogP contribution in [0.2, 0.25) is 0 Å². The van der Waals surface area contributed by atoms with Gasteiger partial charge in [-0.1, -0.05) is 12.1 Å². The number of nitrogen functional groups attached to an aromatic ring is 1. The van der Waals surface area contributed by atoms with Crippen LogP contribution in [0, 0.1) is 6.92 Å². The Morgan fingerprint density at radius 2 is 2.17 bits per heavy atom. The standard InChI is InChI=1S/C13H15BrN4/c1-3-18(10-6-4-5-9(2)7-10)12-11(14)8-16-13(15)17-12/h4-8H,3H2,1-2H3,(H2,15,16,17). The molecule has 94 valence electrons. The van der Waals surface area contributed by atoms with Crippen LogP contribution in [0.1, 0.15) is 12.5 Å². The van der Waals surface area contributed by atoms with E-state index < -0.39 is 0 Å². The highest BCUT2D eigenvalue weighted by Gasteiger charge is 2.13. The minimum atomic E-state index is 0.277. The predicted molar refractivity (Wildman–Crippen MR) is 78.0 cm³/mol. The van der Waals surface area contributed by atoms with Crippen molar-refractivity contribution in [3.63, 3.8) is 0 Å². The first-order valence-electron chi connectivity index (χ1n) is 5.74. The maximum Gasteiger partial charge on any atom is 0.222 e. The summed E-state index contributed by atoms with van der Waals surface area (Å²) in [5.74, 6) is 1.06. The lowest BCUT2D eigenvalue weighted by molar-refractivity contribution is 0.973. The number of rotatable bonds is 3. The molecule has 1 heterocycles. The maximum atomic E-state index is 5.66. The summed E-state index contributed by atoms with van der Waals surface area (Å²) in [5, 5.41) is 0. The number of hydrogen-bond acceptors (Lipinski definition) is 4. The third-order valence-corrected chi connectivity index (χ3v) is 3.19. The fourth-order valence-electron chi connectivity index (χ4n) is 1.81. The van der Waals surface area contributed by atoms with Crippen molar-refractivity contribution >= 4 is 33.4 Å². The lowest BCUT2D eigenvalue weighted by Gasteiger charge is -2.23. The van der Waals surface area contributed by atoms with Gasteiger partial charge in [0.15, 0.2) is 5.82 Å². The van der Waals surface area contributed by atoms with Crippen LogP contribution in [0.25, 0.3) is 0 Å². The topological polar surface area (TPSA) is 55.0 Å². The number of nitrogens with two attached hydrogens (primary N) is 1. The third kappa shape index (κ3) is 2.61. The summed E-state index contributed by atoms with van der Waals surface area (Å²) in [4.78, 5) is 10.3. The second-order valence-electron chi connectivity index (χ2n) is 3.98. The molecule has 0 fully saturated rings. The van der Waals surface area contributed by atoms with Crippen LogP contribution < -0.4 is 10.6 Å². The molecule has 0 aliphatic heterocycles. The largest absolute Gasteiger partial charge is 0.368 e. The van der Waals surface area contributed by atoms with Crippen molar-refractivity contribution in [1.29, 1.82) is 0 Å². The van der Waals surface area contributed by atoms with E-state index >= 15 is 0 Å². The Morgan fingerprint density at radius 3 is 2.83 bits per heavy atom. The van der Waals surface area contributed by atoms with Crippen LogP contribution >= 0.6 is 15.9 Å². The van der Waals surface area contributed by atoms with E-state index in [2.05, 4.69) is 62.8 Å². The van der Waals surface area contributed by atoms with E-state index in [1.807, 2.05) is 6.07 Å². The summed E-state index contributed by atoms with van der Waals surface area (Å²) in [7, 11) is 0. The fraction of sp³-hybridized carbons (Fsp3) is 0.231. The Balaban J connectivity index is 2.48. The molecule has 0 spiro atoms. The summed E-state index contributed by atoms with van der Waals surface area (Å²) in [6.45, 7) is 4.95. The molecule has 4 nitrogen and oxygen atoms in total. The molecule has 0 atom stereocenters. The van der Waals surface area contributed by atoms with Crippen molar-refractivity contribution in [3.05, 3.63) is 40.5 Å². The Labute approximate surface area is 115 Å². The van der Waals surface area contributed by atoms with Gasteiger partial charge in [-0.3, -0.25) is 0 Å². The lowest BCUT2D eigenvalue weighted by atomic mass is 10.2. The number of anilines is 3. The van der Waals surface area contributed by atoms with Crippen LogP contribution in [0.4, 0.5) is 17.5 Å². The average Bonchev–Trinajstić information content (AvgIpc) is 2.35. The average molecular weight is 307 g/mol. The normalized spacial score (nSPS) is 10.4. The minimum Gasteiger partial charge on any atom is -0.368 e. The molecule has 0 radical (unpaired) electrons. The van der Waals surface area contributed by atoms with Crippen molar-refractivity contribution in [3.8, 4) is 0 Å². The van der Waals surface area contributed by atoms with E-state index in [9.17, 15) is 0 Å². The molecule has 18 heavy (non-hydrogen) atoms. The SMILES string of the molecule is CCN(c1cccc(C)c1)c1nc(N)ncc1Br. The second-order valence-corrected chi connectivity index (χ2v) is 4.84. The van der Waals surface area contributed by atoms with Crippen molar-refractivity contribution in [2.75, 3.05) is 17.2 Å². The zero-order valence-corrected chi connectivity index (χ0v) is 12.0. The Kier molecular flexibility index (Phi) is 3.81. The maximum absolute atomic E-state index is 5.66. The van der Waals surface area contributed by atoms with E-state index in [1.54, 1.807) is 6.20 Å². The van der Waals surface area contributed by atoms with Crippen molar-refractivity contribution in [1.82, 2.24) is 9.97 Å². The highest BCUT2D eigenvalue weighted by Crippen LogP contribution is 2.30. The zero-order valence-electron chi connectivity index (χ0n) is 10.4. The highest BCUT2D eigenvalue weighted by molar-refractivity contribution is 9.10. The van der Waals surface area contributed by atoms with Gasteiger partial charge in [-0.25, -0.2) is 4.98 Å². The van der Waals surface area contributed by atoms with Crippen molar-refractivity contribution in [2.24, 2.45) is 0 Å². The third-order valence-electron chi connectivity index (χ3n) is 2.63. The zero-order chi connectivity index (χ0) is 13.1. The molecular formula is C13H15BrN4. The smallest absolute Gasteiger partial charge is 0.222 e. The Bertz CT molecular complexity index is 556. The molecule has 0 aliphatic rings.